The second kappa shape index (κ2) is 6.00. The second-order valence-corrected chi connectivity index (χ2v) is 7.76. The van der Waals surface area contributed by atoms with E-state index in [9.17, 15) is 8.42 Å². The predicted octanol–water partition coefficient (Wildman–Crippen LogP) is 2.16. The Kier molecular flexibility index (Phi) is 4.04. The molecule has 6 nitrogen and oxygen atoms in total. The number of nitrogens with one attached hydrogen (secondary N) is 1. The summed E-state index contributed by atoms with van der Waals surface area (Å²) in [5.41, 5.74) is 3.40. The van der Waals surface area contributed by atoms with Crippen LogP contribution in [0.4, 0.5) is 5.82 Å². The molecule has 0 unspecified atom stereocenters. The number of hydrogen-bond donors (Lipinski definition) is 1. The molecule has 3 aromatic rings. The van der Waals surface area contributed by atoms with Crippen LogP contribution in [0.1, 0.15) is 5.69 Å². The highest BCUT2D eigenvalue weighted by Gasteiger charge is 2.10. The molecule has 2 heterocycles. The van der Waals surface area contributed by atoms with E-state index in [0.717, 1.165) is 28.4 Å². The second-order valence-electron chi connectivity index (χ2n) is 5.51. The summed E-state index contributed by atoms with van der Waals surface area (Å²) in [6.45, 7) is 2.22. The average molecular weight is 330 g/mol. The molecule has 7 heteroatoms. The molecule has 0 saturated carbocycles. The van der Waals surface area contributed by atoms with E-state index in [4.69, 9.17) is 0 Å². The van der Waals surface area contributed by atoms with Gasteiger partial charge in [-0.2, -0.15) is 9.61 Å². The average Bonchev–Trinajstić information content (AvgIpc) is 2.87. The lowest BCUT2D eigenvalue weighted by Gasteiger charge is -2.10. The molecule has 120 valence electrons. The van der Waals surface area contributed by atoms with Crippen molar-refractivity contribution in [3.8, 4) is 11.3 Å². The van der Waals surface area contributed by atoms with Gasteiger partial charge in [0.05, 0.1) is 17.1 Å². The molecule has 0 atom stereocenters. The van der Waals surface area contributed by atoms with Gasteiger partial charge in [0.15, 0.2) is 5.65 Å². The van der Waals surface area contributed by atoms with E-state index in [0.29, 0.717) is 6.54 Å². The molecule has 0 aliphatic heterocycles. The lowest BCUT2D eigenvalue weighted by molar-refractivity contribution is 0.602. The monoisotopic (exact) mass is 330 g/mol. The molecule has 0 radical (unpaired) electrons. The SMILES string of the molecule is Cc1cc2nc(-c3ccccc3)cc(NCCS(C)(=O)=O)n2n1. The fourth-order valence-electron chi connectivity index (χ4n) is 2.34. The van der Waals surface area contributed by atoms with Gasteiger partial charge in [-0.1, -0.05) is 30.3 Å². The van der Waals surface area contributed by atoms with E-state index in [1.54, 1.807) is 4.52 Å². The minimum Gasteiger partial charge on any atom is -0.369 e. The standard InChI is InChI=1S/C16H18N4O2S/c1-12-10-16-18-14(13-6-4-3-5-7-13)11-15(20(16)19-12)17-8-9-23(2,21)22/h3-7,10-11,17H,8-9H2,1-2H3. The highest BCUT2D eigenvalue weighted by molar-refractivity contribution is 7.90. The third kappa shape index (κ3) is 3.68. The Balaban J connectivity index is 2.00. The van der Waals surface area contributed by atoms with Crippen molar-refractivity contribution >= 4 is 21.3 Å². The van der Waals surface area contributed by atoms with Gasteiger partial charge in [0, 0.05) is 30.5 Å². The lowest BCUT2D eigenvalue weighted by Crippen LogP contribution is -2.16. The van der Waals surface area contributed by atoms with Gasteiger partial charge in [0.25, 0.3) is 0 Å². The van der Waals surface area contributed by atoms with Crippen molar-refractivity contribution < 1.29 is 8.42 Å². The topological polar surface area (TPSA) is 76.4 Å². The molecule has 1 aromatic carbocycles. The van der Waals surface area contributed by atoms with Crippen LogP contribution in [0.5, 0.6) is 0 Å². The van der Waals surface area contributed by atoms with Crippen LogP contribution in [0.15, 0.2) is 42.5 Å². The van der Waals surface area contributed by atoms with Gasteiger partial charge in [-0.25, -0.2) is 13.4 Å². The Bertz CT molecular complexity index is 933. The van der Waals surface area contributed by atoms with Crippen LogP contribution < -0.4 is 5.32 Å². The van der Waals surface area contributed by atoms with E-state index in [-0.39, 0.29) is 5.75 Å². The molecule has 0 aliphatic rings. The normalized spacial score (nSPS) is 11.7. The van der Waals surface area contributed by atoms with Crippen molar-refractivity contribution in [1.82, 2.24) is 14.6 Å². The molecule has 0 aliphatic carbocycles. The van der Waals surface area contributed by atoms with E-state index in [1.165, 1.54) is 6.26 Å². The Morgan fingerprint density at radius 2 is 1.91 bits per heavy atom. The number of rotatable bonds is 5. The molecular formula is C16H18N4O2S. The summed E-state index contributed by atoms with van der Waals surface area (Å²) in [6, 6.07) is 13.6. The number of aromatic nitrogens is 3. The number of sulfone groups is 1. The summed E-state index contributed by atoms with van der Waals surface area (Å²) < 4.78 is 24.3. The predicted molar refractivity (Wildman–Crippen MR) is 91.4 cm³/mol. The number of hydrogen-bond acceptors (Lipinski definition) is 5. The Morgan fingerprint density at radius 1 is 1.17 bits per heavy atom. The number of anilines is 1. The molecular weight excluding hydrogens is 312 g/mol. The van der Waals surface area contributed by atoms with Crippen molar-refractivity contribution in [2.45, 2.75) is 6.92 Å². The van der Waals surface area contributed by atoms with Gasteiger partial charge in [-0.05, 0) is 6.92 Å². The highest BCUT2D eigenvalue weighted by Crippen LogP contribution is 2.22. The molecule has 0 fully saturated rings. The van der Waals surface area contributed by atoms with Gasteiger partial charge in [0.1, 0.15) is 15.7 Å². The van der Waals surface area contributed by atoms with Crippen LogP contribution in [0, 0.1) is 6.92 Å². The fourth-order valence-corrected chi connectivity index (χ4v) is 2.81. The van der Waals surface area contributed by atoms with Crippen molar-refractivity contribution in [1.29, 1.82) is 0 Å². The van der Waals surface area contributed by atoms with Crippen molar-refractivity contribution in [2.24, 2.45) is 0 Å². The van der Waals surface area contributed by atoms with Crippen LogP contribution in [0.3, 0.4) is 0 Å². The largest absolute Gasteiger partial charge is 0.369 e. The number of benzene rings is 1. The molecule has 0 spiro atoms. The van der Waals surface area contributed by atoms with Crippen LogP contribution in [0.25, 0.3) is 16.9 Å². The zero-order valence-electron chi connectivity index (χ0n) is 13.0. The van der Waals surface area contributed by atoms with Crippen molar-refractivity contribution in [2.75, 3.05) is 23.9 Å². The Labute approximate surface area is 135 Å². The first kappa shape index (κ1) is 15.5. The zero-order valence-corrected chi connectivity index (χ0v) is 13.8. The van der Waals surface area contributed by atoms with Gasteiger partial charge >= 0.3 is 0 Å². The van der Waals surface area contributed by atoms with E-state index in [2.05, 4.69) is 15.4 Å². The van der Waals surface area contributed by atoms with Gasteiger partial charge < -0.3 is 5.32 Å². The molecule has 23 heavy (non-hydrogen) atoms. The smallest absolute Gasteiger partial charge is 0.158 e. The third-order valence-electron chi connectivity index (χ3n) is 3.40. The maximum atomic E-state index is 11.3. The Hall–Kier alpha value is -2.41. The molecule has 1 N–H and O–H groups in total. The summed E-state index contributed by atoms with van der Waals surface area (Å²) in [6.07, 6.45) is 1.23. The molecule has 3 rings (SSSR count). The molecule has 0 amide bonds. The Morgan fingerprint density at radius 3 is 2.61 bits per heavy atom. The summed E-state index contributed by atoms with van der Waals surface area (Å²) >= 11 is 0. The summed E-state index contributed by atoms with van der Waals surface area (Å²) in [7, 11) is -3.01. The zero-order chi connectivity index (χ0) is 16.4. The van der Waals surface area contributed by atoms with Crippen LogP contribution in [-0.4, -0.2) is 41.6 Å². The summed E-state index contributed by atoms with van der Waals surface area (Å²) in [5.74, 6) is 0.795. The number of nitrogens with zero attached hydrogens (tertiary/aromatic N) is 3. The number of aryl methyl sites for hydroxylation is 1. The van der Waals surface area contributed by atoms with Crippen LogP contribution in [-0.2, 0) is 9.84 Å². The quantitative estimate of drug-likeness (QED) is 0.776. The molecule has 0 bridgehead atoms. The first-order chi connectivity index (χ1) is 10.9. The van der Waals surface area contributed by atoms with E-state index < -0.39 is 9.84 Å². The minimum atomic E-state index is -3.01. The van der Waals surface area contributed by atoms with Crippen LogP contribution in [0.2, 0.25) is 0 Å². The maximum Gasteiger partial charge on any atom is 0.158 e. The van der Waals surface area contributed by atoms with Gasteiger partial charge in [0.2, 0.25) is 0 Å². The summed E-state index contributed by atoms with van der Waals surface area (Å²) in [5, 5.41) is 7.55. The lowest BCUT2D eigenvalue weighted by atomic mass is 10.1. The van der Waals surface area contributed by atoms with Crippen molar-refractivity contribution in [3.63, 3.8) is 0 Å². The third-order valence-corrected chi connectivity index (χ3v) is 4.34. The first-order valence-corrected chi connectivity index (χ1v) is 9.33. The summed E-state index contributed by atoms with van der Waals surface area (Å²) in [4.78, 5) is 4.63. The van der Waals surface area contributed by atoms with E-state index >= 15 is 0 Å². The fraction of sp³-hybridized carbons (Fsp3) is 0.250. The molecule has 2 aromatic heterocycles. The minimum absolute atomic E-state index is 0.0672. The van der Waals surface area contributed by atoms with Gasteiger partial charge in [-0.15, -0.1) is 0 Å². The molecule has 0 saturated heterocycles. The van der Waals surface area contributed by atoms with Crippen LogP contribution >= 0.6 is 0 Å². The highest BCUT2D eigenvalue weighted by atomic mass is 32.2. The first-order valence-electron chi connectivity index (χ1n) is 7.27. The number of fused-ring (bicyclic) bond motifs is 1. The van der Waals surface area contributed by atoms with E-state index in [1.807, 2.05) is 49.4 Å². The van der Waals surface area contributed by atoms with Crippen molar-refractivity contribution in [3.05, 3.63) is 48.2 Å². The van der Waals surface area contributed by atoms with Gasteiger partial charge in [-0.3, -0.25) is 0 Å². The maximum absolute atomic E-state index is 11.3.